The Kier molecular flexibility index (Phi) is 4.14. The number of piperidine rings is 1. The molecule has 0 aliphatic carbocycles. The normalized spacial score (nSPS) is 15.6. The number of carbonyl (C=O) groups excluding carboxylic acids is 2. The van der Waals surface area contributed by atoms with Crippen LogP contribution >= 0.6 is 11.3 Å². The molecule has 1 saturated heterocycles. The summed E-state index contributed by atoms with van der Waals surface area (Å²) in [6.45, 7) is 1.76. The number of rotatable bonds is 3. The average Bonchev–Trinajstić information content (AvgIpc) is 2.90. The van der Waals surface area contributed by atoms with E-state index in [9.17, 15) is 9.59 Å². The number of thiophene rings is 1. The van der Waals surface area contributed by atoms with E-state index in [4.69, 9.17) is 0 Å². The van der Waals surface area contributed by atoms with E-state index in [2.05, 4.69) is 5.32 Å². The lowest BCUT2D eigenvalue weighted by atomic mass is 10.1. The van der Waals surface area contributed by atoms with Crippen LogP contribution in [-0.4, -0.2) is 36.3 Å². The van der Waals surface area contributed by atoms with Crippen LogP contribution in [0.25, 0.3) is 0 Å². The van der Waals surface area contributed by atoms with Gasteiger partial charge in [0.05, 0.1) is 11.4 Å². The minimum atomic E-state index is -0.162. The first kappa shape index (κ1) is 12.1. The van der Waals surface area contributed by atoms with Gasteiger partial charge in [-0.15, -0.1) is 11.3 Å². The van der Waals surface area contributed by atoms with Crippen LogP contribution in [0.15, 0.2) is 17.5 Å². The molecule has 92 valence electrons. The van der Waals surface area contributed by atoms with Gasteiger partial charge in [0.1, 0.15) is 0 Å². The van der Waals surface area contributed by atoms with Crippen molar-refractivity contribution in [3.8, 4) is 0 Å². The van der Waals surface area contributed by atoms with Crippen molar-refractivity contribution in [1.29, 1.82) is 0 Å². The molecule has 0 spiro atoms. The van der Waals surface area contributed by atoms with Crippen molar-refractivity contribution >= 4 is 23.2 Å². The van der Waals surface area contributed by atoms with E-state index in [0.29, 0.717) is 4.88 Å². The standard InChI is InChI=1S/C12H16N2O2S/c15-11(14-6-2-1-3-7-14)9-13-12(16)10-5-4-8-17-10/h4-5,8H,1-3,6-7,9H2,(H,13,16). The van der Waals surface area contributed by atoms with Crippen molar-refractivity contribution in [1.82, 2.24) is 10.2 Å². The van der Waals surface area contributed by atoms with E-state index >= 15 is 0 Å². The predicted molar refractivity (Wildman–Crippen MR) is 67.1 cm³/mol. The Balaban J connectivity index is 1.77. The van der Waals surface area contributed by atoms with Crippen LogP contribution in [-0.2, 0) is 4.79 Å². The number of nitrogens with zero attached hydrogens (tertiary/aromatic N) is 1. The maximum atomic E-state index is 11.8. The number of carbonyl (C=O) groups is 2. The van der Waals surface area contributed by atoms with Gasteiger partial charge in [-0.2, -0.15) is 0 Å². The molecule has 0 atom stereocenters. The van der Waals surface area contributed by atoms with Gasteiger partial charge in [-0.05, 0) is 30.7 Å². The fourth-order valence-electron chi connectivity index (χ4n) is 1.91. The average molecular weight is 252 g/mol. The number of nitrogens with one attached hydrogen (secondary N) is 1. The largest absolute Gasteiger partial charge is 0.342 e. The van der Waals surface area contributed by atoms with E-state index < -0.39 is 0 Å². The van der Waals surface area contributed by atoms with Crippen LogP contribution < -0.4 is 5.32 Å². The molecule has 4 nitrogen and oxygen atoms in total. The first-order valence-corrected chi connectivity index (χ1v) is 6.75. The summed E-state index contributed by atoms with van der Waals surface area (Å²) in [6.07, 6.45) is 3.35. The number of hydrogen-bond donors (Lipinski definition) is 1. The molecule has 0 radical (unpaired) electrons. The second-order valence-corrected chi connectivity index (χ2v) is 5.05. The minimum Gasteiger partial charge on any atom is -0.342 e. The summed E-state index contributed by atoms with van der Waals surface area (Å²) in [7, 11) is 0. The first-order valence-electron chi connectivity index (χ1n) is 5.87. The smallest absolute Gasteiger partial charge is 0.261 e. The molecule has 0 bridgehead atoms. The second kappa shape index (κ2) is 5.82. The quantitative estimate of drug-likeness (QED) is 0.886. The van der Waals surface area contributed by atoms with Gasteiger partial charge in [-0.25, -0.2) is 0 Å². The third kappa shape index (κ3) is 3.30. The number of hydrogen-bond acceptors (Lipinski definition) is 3. The van der Waals surface area contributed by atoms with Crippen molar-refractivity contribution in [3.63, 3.8) is 0 Å². The van der Waals surface area contributed by atoms with Gasteiger partial charge in [-0.3, -0.25) is 9.59 Å². The minimum absolute atomic E-state index is 0.0228. The van der Waals surface area contributed by atoms with Gasteiger partial charge in [0, 0.05) is 13.1 Å². The molecule has 1 N–H and O–H groups in total. The Hall–Kier alpha value is -1.36. The molecule has 2 rings (SSSR count). The summed E-state index contributed by atoms with van der Waals surface area (Å²) in [5, 5.41) is 4.51. The number of likely N-dealkylation sites (tertiary alicyclic amines) is 1. The topological polar surface area (TPSA) is 49.4 Å². The molecule has 5 heteroatoms. The van der Waals surface area contributed by atoms with Gasteiger partial charge < -0.3 is 10.2 Å². The zero-order valence-corrected chi connectivity index (χ0v) is 10.5. The summed E-state index contributed by atoms with van der Waals surface area (Å²) in [5.74, 6) is -0.139. The highest BCUT2D eigenvalue weighted by Gasteiger charge is 2.17. The van der Waals surface area contributed by atoms with E-state index in [1.165, 1.54) is 17.8 Å². The van der Waals surface area contributed by atoms with Crippen LogP contribution in [0.2, 0.25) is 0 Å². The SMILES string of the molecule is O=C(NCC(=O)N1CCCCC1)c1cccs1. The second-order valence-electron chi connectivity index (χ2n) is 4.10. The number of amides is 2. The third-order valence-corrected chi connectivity index (χ3v) is 3.72. The lowest BCUT2D eigenvalue weighted by Crippen LogP contribution is -2.42. The fraction of sp³-hybridized carbons (Fsp3) is 0.500. The molecule has 0 unspecified atom stereocenters. The van der Waals surface area contributed by atoms with Crippen LogP contribution in [0.3, 0.4) is 0 Å². The summed E-state index contributed by atoms with van der Waals surface area (Å²) in [6, 6.07) is 3.58. The van der Waals surface area contributed by atoms with Gasteiger partial charge in [0.25, 0.3) is 5.91 Å². The molecule has 1 aromatic heterocycles. The monoisotopic (exact) mass is 252 g/mol. The van der Waals surface area contributed by atoms with Crippen molar-refractivity contribution in [2.45, 2.75) is 19.3 Å². The Morgan fingerprint density at radius 2 is 2.06 bits per heavy atom. The van der Waals surface area contributed by atoms with Crippen molar-refractivity contribution < 1.29 is 9.59 Å². The van der Waals surface area contributed by atoms with Crippen LogP contribution in [0.4, 0.5) is 0 Å². The maximum Gasteiger partial charge on any atom is 0.261 e. The summed E-state index contributed by atoms with van der Waals surface area (Å²) in [4.78, 5) is 25.9. The maximum absolute atomic E-state index is 11.8. The fourth-order valence-corrected chi connectivity index (χ4v) is 2.55. The molecule has 17 heavy (non-hydrogen) atoms. The highest BCUT2D eigenvalue weighted by Crippen LogP contribution is 2.09. The van der Waals surface area contributed by atoms with E-state index in [1.54, 1.807) is 6.07 Å². The van der Waals surface area contributed by atoms with Gasteiger partial charge >= 0.3 is 0 Å². The molecular formula is C12H16N2O2S. The third-order valence-electron chi connectivity index (χ3n) is 2.85. The van der Waals surface area contributed by atoms with Gasteiger partial charge in [0.2, 0.25) is 5.91 Å². The lowest BCUT2D eigenvalue weighted by molar-refractivity contribution is -0.130. The van der Waals surface area contributed by atoms with Gasteiger partial charge in [-0.1, -0.05) is 6.07 Å². The molecule has 0 saturated carbocycles. The molecule has 1 aliphatic heterocycles. The van der Waals surface area contributed by atoms with Crippen LogP contribution in [0, 0.1) is 0 Å². The highest BCUT2D eigenvalue weighted by atomic mass is 32.1. The molecule has 1 aliphatic rings. The van der Waals surface area contributed by atoms with Crippen molar-refractivity contribution in [3.05, 3.63) is 22.4 Å². The molecule has 0 aromatic carbocycles. The van der Waals surface area contributed by atoms with E-state index in [0.717, 1.165) is 25.9 Å². The summed E-state index contributed by atoms with van der Waals surface area (Å²) >= 11 is 1.38. The van der Waals surface area contributed by atoms with E-state index in [1.807, 2.05) is 16.3 Å². The Labute approximate surface area is 105 Å². The van der Waals surface area contributed by atoms with Crippen LogP contribution in [0.1, 0.15) is 28.9 Å². The molecule has 2 heterocycles. The Morgan fingerprint density at radius 1 is 1.29 bits per heavy atom. The summed E-state index contributed by atoms with van der Waals surface area (Å²) < 4.78 is 0. The molecular weight excluding hydrogens is 236 g/mol. The van der Waals surface area contributed by atoms with Crippen LogP contribution in [0.5, 0.6) is 0 Å². The predicted octanol–water partition coefficient (Wildman–Crippen LogP) is 1.49. The lowest BCUT2D eigenvalue weighted by Gasteiger charge is -2.26. The first-order chi connectivity index (χ1) is 8.27. The van der Waals surface area contributed by atoms with Crippen molar-refractivity contribution in [2.75, 3.05) is 19.6 Å². The molecule has 1 aromatic rings. The molecule has 2 amide bonds. The zero-order valence-electron chi connectivity index (χ0n) is 9.65. The van der Waals surface area contributed by atoms with E-state index in [-0.39, 0.29) is 18.4 Å². The van der Waals surface area contributed by atoms with Gasteiger partial charge in [0.15, 0.2) is 0 Å². The molecule has 1 fully saturated rings. The highest BCUT2D eigenvalue weighted by molar-refractivity contribution is 7.12. The summed E-state index contributed by atoms with van der Waals surface area (Å²) in [5.41, 5.74) is 0. The van der Waals surface area contributed by atoms with Crippen molar-refractivity contribution in [2.24, 2.45) is 0 Å². The Morgan fingerprint density at radius 3 is 2.71 bits per heavy atom. The Bertz CT molecular complexity index is 383. The zero-order chi connectivity index (χ0) is 12.1.